The molecule has 1 aromatic heterocycles. The van der Waals surface area contributed by atoms with Gasteiger partial charge in [-0.1, -0.05) is 6.07 Å². The van der Waals surface area contributed by atoms with Gasteiger partial charge in [0.1, 0.15) is 5.82 Å². The summed E-state index contributed by atoms with van der Waals surface area (Å²) in [6.07, 6.45) is 6.67. The predicted octanol–water partition coefficient (Wildman–Crippen LogP) is 1.62. The lowest BCUT2D eigenvalue weighted by Gasteiger charge is -2.33. The zero-order valence-electron chi connectivity index (χ0n) is 16.5. The Labute approximate surface area is 184 Å². The van der Waals surface area contributed by atoms with E-state index in [1.54, 1.807) is 6.20 Å². The molecule has 2 saturated carbocycles. The Morgan fingerprint density at radius 3 is 2.45 bits per heavy atom. The highest BCUT2D eigenvalue weighted by atomic mass is 35.5. The van der Waals surface area contributed by atoms with Crippen molar-refractivity contribution in [2.24, 2.45) is 35.1 Å². The first-order valence-corrected chi connectivity index (χ1v) is 10.1. The Morgan fingerprint density at radius 1 is 1.14 bits per heavy atom. The standard InChI is InChI=1S/C20H29N5O2.2ClH/c21-17-14-4-3-13(10-14)16(17)20(27)24-11-15-2-1-7-23-19(15)25-8-5-12(6-9-25)18(22)26;;/h1-2,7,12-14,16-17H,3-6,8-11,21H2,(H2,22,26)(H,24,27);2*1H. The summed E-state index contributed by atoms with van der Waals surface area (Å²) >= 11 is 0. The Hall–Kier alpha value is -1.57. The maximum atomic E-state index is 12.7. The highest BCUT2D eigenvalue weighted by Gasteiger charge is 2.48. The quantitative estimate of drug-likeness (QED) is 0.639. The number of carbonyl (C=O) groups is 2. The zero-order chi connectivity index (χ0) is 19.0. The molecule has 0 radical (unpaired) electrons. The third-order valence-corrected chi connectivity index (χ3v) is 6.80. The van der Waals surface area contributed by atoms with Crippen molar-refractivity contribution in [2.45, 2.75) is 44.7 Å². The number of carbonyl (C=O) groups excluding carboxylic acids is 2. The number of piperidine rings is 1. The molecule has 2 bridgehead atoms. The molecule has 29 heavy (non-hydrogen) atoms. The number of nitrogens with two attached hydrogens (primary N) is 2. The molecule has 1 aromatic rings. The van der Waals surface area contributed by atoms with Crippen LogP contribution in [0.1, 0.15) is 37.7 Å². The molecule has 9 heteroatoms. The summed E-state index contributed by atoms with van der Waals surface area (Å²) in [5.41, 5.74) is 12.7. The molecule has 3 aliphatic rings. The second kappa shape index (κ2) is 9.96. The average molecular weight is 444 g/mol. The zero-order valence-corrected chi connectivity index (χ0v) is 18.1. The fourth-order valence-electron chi connectivity index (χ4n) is 5.25. The van der Waals surface area contributed by atoms with E-state index in [0.29, 0.717) is 18.4 Å². The van der Waals surface area contributed by atoms with E-state index in [0.717, 1.165) is 50.2 Å². The van der Waals surface area contributed by atoms with Crippen molar-refractivity contribution in [2.75, 3.05) is 18.0 Å². The normalized spacial score (nSPS) is 28.4. The number of pyridine rings is 1. The van der Waals surface area contributed by atoms with Gasteiger partial charge in [-0.3, -0.25) is 9.59 Å². The van der Waals surface area contributed by atoms with Crippen LogP contribution in [0.2, 0.25) is 0 Å². The van der Waals surface area contributed by atoms with Crippen LogP contribution in [0.3, 0.4) is 0 Å². The van der Waals surface area contributed by atoms with Crippen LogP contribution < -0.4 is 21.7 Å². The van der Waals surface area contributed by atoms with Crippen LogP contribution in [-0.2, 0) is 16.1 Å². The number of rotatable bonds is 5. The molecule has 7 nitrogen and oxygen atoms in total. The lowest BCUT2D eigenvalue weighted by atomic mass is 9.84. The summed E-state index contributed by atoms with van der Waals surface area (Å²) < 4.78 is 0. The van der Waals surface area contributed by atoms with E-state index in [1.165, 1.54) is 6.42 Å². The molecular weight excluding hydrogens is 413 g/mol. The Kier molecular flexibility index (Phi) is 8.14. The van der Waals surface area contributed by atoms with Crippen LogP contribution in [-0.4, -0.2) is 35.9 Å². The van der Waals surface area contributed by atoms with E-state index < -0.39 is 0 Å². The highest BCUT2D eigenvalue weighted by molar-refractivity contribution is 5.85. The second-order valence-corrected chi connectivity index (χ2v) is 8.30. The average Bonchev–Trinajstić information content (AvgIpc) is 3.28. The molecule has 2 aliphatic carbocycles. The van der Waals surface area contributed by atoms with E-state index in [2.05, 4.69) is 15.2 Å². The predicted molar refractivity (Wildman–Crippen MR) is 117 cm³/mol. The van der Waals surface area contributed by atoms with Crippen LogP contribution in [0.4, 0.5) is 5.82 Å². The molecule has 3 fully saturated rings. The molecule has 4 atom stereocenters. The monoisotopic (exact) mass is 443 g/mol. The van der Waals surface area contributed by atoms with Crippen LogP contribution in [0.15, 0.2) is 18.3 Å². The van der Waals surface area contributed by atoms with Gasteiger partial charge in [0.15, 0.2) is 0 Å². The molecule has 1 saturated heterocycles. The molecule has 162 valence electrons. The second-order valence-electron chi connectivity index (χ2n) is 8.30. The van der Waals surface area contributed by atoms with Gasteiger partial charge in [0, 0.05) is 43.4 Å². The van der Waals surface area contributed by atoms with Crippen molar-refractivity contribution in [3.63, 3.8) is 0 Å². The first-order valence-electron chi connectivity index (χ1n) is 10.1. The lowest BCUT2D eigenvalue weighted by Crippen LogP contribution is -2.45. The van der Waals surface area contributed by atoms with Crippen LogP contribution in [0.25, 0.3) is 0 Å². The smallest absolute Gasteiger partial charge is 0.225 e. The van der Waals surface area contributed by atoms with Crippen molar-refractivity contribution in [3.05, 3.63) is 23.9 Å². The molecular formula is C20H31Cl2N5O2. The number of amides is 2. The molecule has 5 N–H and O–H groups in total. The minimum atomic E-state index is -0.217. The van der Waals surface area contributed by atoms with Crippen molar-refractivity contribution in [3.8, 4) is 0 Å². The number of halogens is 2. The maximum Gasteiger partial charge on any atom is 0.225 e. The summed E-state index contributed by atoms with van der Waals surface area (Å²) in [5.74, 6) is 1.63. The van der Waals surface area contributed by atoms with Gasteiger partial charge in [0.2, 0.25) is 11.8 Å². The molecule has 4 unspecified atom stereocenters. The van der Waals surface area contributed by atoms with E-state index >= 15 is 0 Å². The van der Waals surface area contributed by atoms with Gasteiger partial charge in [0.25, 0.3) is 0 Å². The van der Waals surface area contributed by atoms with E-state index in [9.17, 15) is 9.59 Å². The number of fused-ring (bicyclic) bond motifs is 2. The van der Waals surface area contributed by atoms with Gasteiger partial charge in [-0.2, -0.15) is 0 Å². The van der Waals surface area contributed by atoms with Crippen molar-refractivity contribution < 1.29 is 9.59 Å². The minimum Gasteiger partial charge on any atom is -0.369 e. The van der Waals surface area contributed by atoms with Gasteiger partial charge >= 0.3 is 0 Å². The highest BCUT2D eigenvalue weighted by Crippen LogP contribution is 2.47. The number of hydrogen-bond acceptors (Lipinski definition) is 5. The molecule has 1 aliphatic heterocycles. The van der Waals surface area contributed by atoms with E-state index in [4.69, 9.17) is 11.5 Å². The number of hydrogen-bond donors (Lipinski definition) is 3. The number of aromatic nitrogens is 1. The van der Waals surface area contributed by atoms with Crippen molar-refractivity contribution in [1.82, 2.24) is 10.3 Å². The van der Waals surface area contributed by atoms with Gasteiger partial charge in [-0.15, -0.1) is 24.8 Å². The van der Waals surface area contributed by atoms with Gasteiger partial charge in [-0.05, 0) is 50.0 Å². The first-order chi connectivity index (χ1) is 13.0. The number of primary amides is 1. The minimum absolute atomic E-state index is 0. The van der Waals surface area contributed by atoms with Gasteiger partial charge in [0.05, 0.1) is 5.92 Å². The fourth-order valence-corrected chi connectivity index (χ4v) is 5.25. The maximum absolute atomic E-state index is 12.7. The number of anilines is 1. The third kappa shape index (κ3) is 4.78. The summed E-state index contributed by atoms with van der Waals surface area (Å²) in [6.45, 7) is 1.96. The van der Waals surface area contributed by atoms with E-state index in [1.807, 2.05) is 12.1 Å². The summed E-state index contributed by atoms with van der Waals surface area (Å²) in [4.78, 5) is 30.8. The first kappa shape index (κ1) is 23.7. The Bertz CT molecular complexity index is 725. The van der Waals surface area contributed by atoms with Gasteiger partial charge < -0.3 is 21.7 Å². The number of nitrogens with zero attached hydrogens (tertiary/aromatic N) is 2. The molecule has 4 rings (SSSR count). The van der Waals surface area contributed by atoms with Crippen molar-refractivity contribution >= 4 is 42.4 Å². The molecule has 2 heterocycles. The van der Waals surface area contributed by atoms with Crippen LogP contribution in [0.5, 0.6) is 0 Å². The topological polar surface area (TPSA) is 114 Å². The van der Waals surface area contributed by atoms with E-state index in [-0.39, 0.29) is 54.5 Å². The fraction of sp³-hybridized carbons (Fsp3) is 0.650. The summed E-state index contributed by atoms with van der Waals surface area (Å²) in [6, 6.07) is 3.90. The molecule has 2 amide bonds. The SMILES string of the molecule is Cl.Cl.NC(=O)C1CCN(c2ncccc2CNC(=O)C2C3CCC(C3)C2N)CC1. The summed E-state index contributed by atoms with van der Waals surface area (Å²) in [5, 5.41) is 3.10. The molecule has 0 spiro atoms. The van der Waals surface area contributed by atoms with Crippen molar-refractivity contribution in [1.29, 1.82) is 0 Å². The Balaban J connectivity index is 0.00000150. The Morgan fingerprint density at radius 2 is 1.83 bits per heavy atom. The number of nitrogens with one attached hydrogen (secondary N) is 1. The largest absolute Gasteiger partial charge is 0.369 e. The van der Waals surface area contributed by atoms with Crippen LogP contribution >= 0.6 is 24.8 Å². The summed E-state index contributed by atoms with van der Waals surface area (Å²) in [7, 11) is 0. The third-order valence-electron chi connectivity index (χ3n) is 6.80. The van der Waals surface area contributed by atoms with Crippen LogP contribution in [0, 0.1) is 23.7 Å². The molecule has 0 aromatic carbocycles. The van der Waals surface area contributed by atoms with Gasteiger partial charge in [-0.25, -0.2) is 4.98 Å². The lowest BCUT2D eigenvalue weighted by molar-refractivity contribution is -0.127.